The van der Waals surface area contributed by atoms with E-state index in [0.717, 1.165) is 49.7 Å². The Kier molecular flexibility index (Phi) is 21.4. The van der Waals surface area contributed by atoms with Crippen LogP contribution in [0.2, 0.25) is 0 Å². The molecule has 4 atom stereocenters. The zero-order valence-corrected chi connectivity index (χ0v) is 43.9. The zero-order chi connectivity index (χ0) is 51.9. The molecule has 390 valence electrons. The molecule has 17 heteroatoms. The number of hydrogen-bond acceptors (Lipinski definition) is 12. The molecule has 17 nitrogen and oxygen atoms in total. The number of methoxy groups -OCH3 is 1. The standard InChI is InChI=1S/C53H84N8O9/c1-36(69-60-50(3,4)28-16-29-51(60,5)6)38-20-24-40(25-21-38)46(64)55-32-14-12-18-42(54)48(66)57-34-44(62)59-43(49(67)58-35-45(63)68-11)19-13-15-33-56-47(65)41-26-22-39(23-27-41)37(2)70-61-52(7,8)30-17-31-53(61,9)10/h20-27,36-37,42-43H,12-19,28-35,54H2,1-11H3,(H,55,64)(H,56,65)(H,57,66)(H,58,67)(H,59,62)/t36?,37?,42-,43-/m0/s1. The van der Waals surface area contributed by atoms with Crippen LogP contribution in [0.3, 0.4) is 0 Å². The van der Waals surface area contributed by atoms with E-state index in [0.29, 0.717) is 56.3 Å². The number of ether oxygens (including phenoxy) is 1. The highest BCUT2D eigenvalue weighted by Gasteiger charge is 2.44. The number of nitrogens with two attached hydrogens (primary N) is 1. The van der Waals surface area contributed by atoms with Crippen LogP contribution in [-0.4, -0.2) is 113 Å². The number of nitrogens with one attached hydrogen (secondary N) is 5. The Morgan fingerprint density at radius 2 is 0.971 bits per heavy atom. The monoisotopic (exact) mass is 977 g/mol. The van der Waals surface area contributed by atoms with E-state index in [9.17, 15) is 28.8 Å². The molecule has 4 rings (SSSR count). The van der Waals surface area contributed by atoms with E-state index in [4.69, 9.17) is 15.4 Å². The van der Waals surface area contributed by atoms with Gasteiger partial charge in [-0.25, -0.2) is 0 Å². The van der Waals surface area contributed by atoms with Gasteiger partial charge in [-0.15, -0.1) is 0 Å². The van der Waals surface area contributed by atoms with Crippen molar-refractivity contribution in [1.29, 1.82) is 0 Å². The Labute approximate surface area is 416 Å². The summed E-state index contributed by atoms with van der Waals surface area (Å²) in [5.74, 6) is -2.85. The first-order valence-electron chi connectivity index (χ1n) is 25.2. The Balaban J connectivity index is 1.14. The molecule has 2 unspecified atom stereocenters. The van der Waals surface area contributed by atoms with E-state index >= 15 is 0 Å². The highest BCUT2D eigenvalue weighted by molar-refractivity contribution is 5.95. The number of carbonyl (C=O) groups is 6. The zero-order valence-electron chi connectivity index (χ0n) is 43.9. The minimum Gasteiger partial charge on any atom is -0.468 e. The van der Waals surface area contributed by atoms with Gasteiger partial charge in [0.2, 0.25) is 17.7 Å². The van der Waals surface area contributed by atoms with Gasteiger partial charge in [0, 0.05) is 46.4 Å². The lowest BCUT2D eigenvalue weighted by molar-refractivity contribution is -0.304. The second kappa shape index (κ2) is 26.0. The summed E-state index contributed by atoms with van der Waals surface area (Å²) in [5, 5.41) is 17.7. The number of hydrogen-bond donors (Lipinski definition) is 6. The summed E-state index contributed by atoms with van der Waals surface area (Å²) in [7, 11) is 1.20. The van der Waals surface area contributed by atoms with Crippen molar-refractivity contribution in [3.8, 4) is 0 Å². The Bertz CT molecular complexity index is 2020. The first-order chi connectivity index (χ1) is 32.9. The van der Waals surface area contributed by atoms with Gasteiger partial charge >= 0.3 is 5.97 Å². The van der Waals surface area contributed by atoms with Gasteiger partial charge in [0.1, 0.15) is 24.8 Å². The highest BCUT2D eigenvalue weighted by atomic mass is 16.7. The third-order valence-corrected chi connectivity index (χ3v) is 13.6. The fourth-order valence-corrected chi connectivity index (χ4v) is 9.64. The Morgan fingerprint density at radius 1 is 0.571 bits per heavy atom. The van der Waals surface area contributed by atoms with Crippen LogP contribution in [0, 0.1) is 0 Å². The number of amides is 5. The molecule has 0 aliphatic carbocycles. The minimum atomic E-state index is -1.02. The molecule has 2 aliphatic rings. The first kappa shape index (κ1) is 57.6. The van der Waals surface area contributed by atoms with Gasteiger partial charge < -0.3 is 37.1 Å². The van der Waals surface area contributed by atoms with Gasteiger partial charge in [0.05, 0.1) is 19.7 Å². The lowest BCUT2D eigenvalue weighted by Crippen LogP contribution is -2.58. The number of benzene rings is 2. The van der Waals surface area contributed by atoms with Crippen molar-refractivity contribution in [3.05, 3.63) is 70.8 Å². The van der Waals surface area contributed by atoms with Crippen LogP contribution in [0.15, 0.2) is 48.5 Å². The number of hydroxylamine groups is 4. The summed E-state index contributed by atoms with van der Waals surface area (Å²) in [4.78, 5) is 89.3. The molecule has 70 heavy (non-hydrogen) atoms. The molecule has 2 saturated heterocycles. The minimum absolute atomic E-state index is 0.0815. The summed E-state index contributed by atoms with van der Waals surface area (Å²) < 4.78 is 4.62. The summed E-state index contributed by atoms with van der Waals surface area (Å²) in [6.07, 6.45) is 8.76. The second-order valence-electron chi connectivity index (χ2n) is 21.5. The van der Waals surface area contributed by atoms with Crippen molar-refractivity contribution >= 4 is 35.5 Å². The molecule has 5 amide bonds. The fourth-order valence-electron chi connectivity index (χ4n) is 9.64. The third-order valence-electron chi connectivity index (χ3n) is 13.6. The van der Waals surface area contributed by atoms with Gasteiger partial charge in [0.25, 0.3) is 11.8 Å². The molecule has 2 heterocycles. The quantitative estimate of drug-likeness (QED) is 0.0465. The molecular weight excluding hydrogens is 893 g/mol. The number of nitrogens with zero attached hydrogens (tertiary/aromatic N) is 2. The summed E-state index contributed by atoms with van der Waals surface area (Å²) in [6, 6.07) is 12.9. The molecule has 2 aromatic rings. The van der Waals surface area contributed by atoms with Crippen LogP contribution >= 0.6 is 0 Å². The molecule has 2 fully saturated rings. The number of carbonyl (C=O) groups excluding carboxylic acids is 6. The van der Waals surface area contributed by atoms with Crippen molar-refractivity contribution in [2.75, 3.05) is 33.3 Å². The van der Waals surface area contributed by atoms with Gasteiger partial charge in [0.15, 0.2) is 0 Å². The highest BCUT2D eigenvalue weighted by Crippen LogP contribution is 2.42. The molecule has 2 aliphatic heterocycles. The number of piperidine rings is 2. The van der Waals surface area contributed by atoms with E-state index in [-0.39, 0.29) is 59.1 Å². The van der Waals surface area contributed by atoms with Crippen molar-refractivity contribution < 1.29 is 43.2 Å². The largest absolute Gasteiger partial charge is 0.468 e. The van der Waals surface area contributed by atoms with Crippen LogP contribution in [0.5, 0.6) is 0 Å². The maximum atomic E-state index is 13.0. The van der Waals surface area contributed by atoms with Crippen LogP contribution < -0.4 is 32.3 Å². The van der Waals surface area contributed by atoms with Gasteiger partial charge in [-0.3, -0.25) is 38.4 Å². The van der Waals surface area contributed by atoms with E-state index in [1.54, 1.807) is 24.3 Å². The van der Waals surface area contributed by atoms with E-state index in [1.165, 1.54) is 7.11 Å². The van der Waals surface area contributed by atoms with E-state index in [2.05, 4.69) is 96.8 Å². The molecule has 0 aromatic heterocycles. The average molecular weight is 977 g/mol. The number of esters is 1. The maximum Gasteiger partial charge on any atom is 0.325 e. The molecular formula is C53H84N8O9. The summed E-state index contributed by atoms with van der Waals surface area (Å²) in [5.41, 5.74) is 8.74. The predicted octanol–water partition coefficient (Wildman–Crippen LogP) is 6.48. The molecule has 0 radical (unpaired) electrons. The van der Waals surface area contributed by atoms with Crippen LogP contribution in [-0.2, 0) is 33.6 Å². The molecule has 2 aromatic carbocycles. The van der Waals surface area contributed by atoms with Crippen molar-refractivity contribution in [2.24, 2.45) is 5.73 Å². The van der Waals surface area contributed by atoms with E-state index < -0.39 is 42.3 Å². The maximum absolute atomic E-state index is 13.0. The average Bonchev–Trinajstić information content (AvgIpc) is 3.30. The summed E-state index contributed by atoms with van der Waals surface area (Å²) in [6.45, 7) is 21.6. The van der Waals surface area contributed by atoms with Gasteiger partial charge in [-0.2, -0.15) is 10.1 Å². The van der Waals surface area contributed by atoms with Crippen LogP contribution in [0.4, 0.5) is 0 Å². The van der Waals surface area contributed by atoms with Crippen molar-refractivity contribution in [2.45, 2.75) is 193 Å². The van der Waals surface area contributed by atoms with Gasteiger partial charge in [-0.05, 0) is 182 Å². The third kappa shape index (κ3) is 17.1. The Morgan fingerprint density at radius 3 is 1.39 bits per heavy atom. The first-order valence-corrected chi connectivity index (χ1v) is 25.2. The summed E-state index contributed by atoms with van der Waals surface area (Å²) >= 11 is 0. The van der Waals surface area contributed by atoms with E-state index in [1.807, 2.05) is 38.1 Å². The lowest BCUT2D eigenvalue weighted by atomic mass is 9.82. The topological polar surface area (TPSA) is 223 Å². The fraction of sp³-hybridized carbons (Fsp3) is 0.660. The number of unbranched alkanes of at least 4 members (excludes halogenated alkanes) is 2. The molecule has 0 spiro atoms. The predicted molar refractivity (Wildman–Crippen MR) is 270 cm³/mol. The Hall–Kier alpha value is -4.94. The second-order valence-corrected chi connectivity index (χ2v) is 21.5. The smallest absolute Gasteiger partial charge is 0.325 e. The molecule has 7 N–H and O–H groups in total. The van der Waals surface area contributed by atoms with Crippen molar-refractivity contribution in [1.82, 2.24) is 36.7 Å². The van der Waals surface area contributed by atoms with Crippen LogP contribution in [0.1, 0.15) is 190 Å². The van der Waals surface area contributed by atoms with Crippen LogP contribution in [0.25, 0.3) is 0 Å². The van der Waals surface area contributed by atoms with Gasteiger partial charge in [-0.1, -0.05) is 24.3 Å². The van der Waals surface area contributed by atoms with Crippen molar-refractivity contribution in [3.63, 3.8) is 0 Å². The number of rotatable bonds is 25. The molecule has 0 saturated carbocycles. The SMILES string of the molecule is COC(=O)CNC(=O)[C@H](CCCCNC(=O)c1ccc(C(C)ON2C(C)(C)CCCC2(C)C)cc1)NC(=O)CNC(=O)[C@@H](N)CCCCNC(=O)c1ccc(C(C)ON2C(C)(C)CCCC2(C)C)cc1. The lowest BCUT2D eigenvalue weighted by Gasteiger charge is -2.52. The molecule has 0 bridgehead atoms. The normalized spacial score (nSPS) is 19.1.